The van der Waals surface area contributed by atoms with Crippen molar-refractivity contribution >= 4 is 23.3 Å². The van der Waals surface area contributed by atoms with E-state index in [9.17, 15) is 4.79 Å². The minimum atomic E-state index is 0.0136. The number of nitrogens with one attached hydrogen (secondary N) is 2. The van der Waals surface area contributed by atoms with Crippen LogP contribution in [0.3, 0.4) is 0 Å². The van der Waals surface area contributed by atoms with E-state index in [4.69, 9.17) is 0 Å². The molecular weight excluding hydrogens is 290 g/mol. The highest BCUT2D eigenvalue weighted by Crippen LogP contribution is 2.29. The summed E-state index contributed by atoms with van der Waals surface area (Å²) in [6, 6.07) is 15.9. The minimum absolute atomic E-state index is 0.0136. The van der Waals surface area contributed by atoms with Crippen molar-refractivity contribution in [2.45, 2.75) is 19.4 Å². The molecule has 4 rings (SSSR count). The summed E-state index contributed by atoms with van der Waals surface area (Å²) in [5, 5.41) is 10.5. The molecule has 2 N–H and O–H groups in total. The second-order valence-electron chi connectivity index (χ2n) is 5.72. The van der Waals surface area contributed by atoms with Crippen LogP contribution in [0.25, 0.3) is 5.65 Å². The molecule has 0 unspecified atom stereocenters. The van der Waals surface area contributed by atoms with Gasteiger partial charge in [-0.15, -0.1) is 5.10 Å². The first-order valence-electron chi connectivity index (χ1n) is 7.74. The number of benzene rings is 1. The van der Waals surface area contributed by atoms with Gasteiger partial charge in [0.2, 0.25) is 11.9 Å². The van der Waals surface area contributed by atoms with Crippen molar-refractivity contribution < 1.29 is 4.79 Å². The lowest BCUT2D eigenvalue weighted by atomic mass is 10.2. The summed E-state index contributed by atoms with van der Waals surface area (Å²) in [6.07, 6.45) is 1.92. The van der Waals surface area contributed by atoms with Crippen molar-refractivity contribution in [2.75, 3.05) is 10.6 Å². The van der Waals surface area contributed by atoms with Crippen molar-refractivity contribution in [3.8, 4) is 0 Å². The molecule has 2 aromatic heterocycles. The molecule has 1 aliphatic carbocycles. The lowest BCUT2D eigenvalue weighted by molar-refractivity contribution is -0.117. The van der Waals surface area contributed by atoms with Gasteiger partial charge in [-0.3, -0.25) is 10.1 Å². The van der Waals surface area contributed by atoms with E-state index in [2.05, 4.69) is 32.8 Å². The number of nitrogens with zero attached hydrogens (tertiary/aromatic N) is 3. The zero-order valence-electron chi connectivity index (χ0n) is 12.6. The first-order valence-corrected chi connectivity index (χ1v) is 7.74. The number of amides is 1. The van der Waals surface area contributed by atoms with Crippen LogP contribution in [0.2, 0.25) is 0 Å². The van der Waals surface area contributed by atoms with Gasteiger partial charge in [0, 0.05) is 12.5 Å². The van der Waals surface area contributed by atoms with Gasteiger partial charge in [0.25, 0.3) is 0 Å². The number of hydrogen-bond donors (Lipinski definition) is 2. The molecule has 0 saturated heterocycles. The Kier molecular flexibility index (Phi) is 3.42. The van der Waals surface area contributed by atoms with Gasteiger partial charge in [0.05, 0.1) is 0 Å². The Labute approximate surface area is 133 Å². The van der Waals surface area contributed by atoms with Gasteiger partial charge in [-0.25, -0.2) is 0 Å². The molecule has 0 atom stereocenters. The van der Waals surface area contributed by atoms with E-state index in [0.29, 0.717) is 18.1 Å². The van der Waals surface area contributed by atoms with Crippen LogP contribution < -0.4 is 10.6 Å². The quantitative estimate of drug-likeness (QED) is 0.760. The fourth-order valence-corrected chi connectivity index (χ4v) is 2.44. The molecule has 0 aliphatic heterocycles. The van der Waals surface area contributed by atoms with E-state index in [-0.39, 0.29) is 11.8 Å². The second-order valence-corrected chi connectivity index (χ2v) is 5.72. The highest BCUT2D eigenvalue weighted by molar-refractivity contribution is 5.92. The van der Waals surface area contributed by atoms with Crippen LogP contribution in [0.4, 0.5) is 11.8 Å². The van der Waals surface area contributed by atoms with Crippen LogP contribution in [0.5, 0.6) is 0 Å². The standard InChI is InChI=1S/C17H17N5O/c23-16(13-9-10-13)20-17-19-15-8-4-7-14(22(15)21-17)18-11-12-5-2-1-3-6-12/h1-8,13,18H,9-11H2,(H,20,21,23). The van der Waals surface area contributed by atoms with Crippen LogP contribution >= 0.6 is 0 Å². The average Bonchev–Trinajstić information content (AvgIpc) is 3.34. The highest BCUT2D eigenvalue weighted by Gasteiger charge is 2.30. The molecule has 116 valence electrons. The van der Waals surface area contributed by atoms with Crippen molar-refractivity contribution in [3.63, 3.8) is 0 Å². The van der Waals surface area contributed by atoms with Crippen LogP contribution in [-0.4, -0.2) is 20.5 Å². The van der Waals surface area contributed by atoms with Gasteiger partial charge in [-0.05, 0) is 30.5 Å². The van der Waals surface area contributed by atoms with E-state index in [1.54, 1.807) is 4.52 Å². The summed E-state index contributed by atoms with van der Waals surface area (Å²) in [5.74, 6) is 1.35. The molecular formula is C17H17N5O. The first kappa shape index (κ1) is 13.8. The molecule has 23 heavy (non-hydrogen) atoms. The summed E-state index contributed by atoms with van der Waals surface area (Å²) in [5.41, 5.74) is 1.89. The highest BCUT2D eigenvalue weighted by atomic mass is 16.2. The number of hydrogen-bond acceptors (Lipinski definition) is 4. The lowest BCUT2D eigenvalue weighted by Gasteiger charge is -2.07. The summed E-state index contributed by atoms with van der Waals surface area (Å²) in [6.45, 7) is 0.698. The van der Waals surface area contributed by atoms with Gasteiger partial charge >= 0.3 is 0 Å². The number of rotatable bonds is 5. The fraction of sp³-hybridized carbons (Fsp3) is 0.235. The second kappa shape index (κ2) is 5.72. The third kappa shape index (κ3) is 3.01. The van der Waals surface area contributed by atoms with Crippen LogP contribution in [0, 0.1) is 5.92 Å². The SMILES string of the molecule is O=C(Nc1nc2cccc(NCc3ccccc3)n2n1)C1CC1. The molecule has 1 amide bonds. The molecule has 0 radical (unpaired) electrons. The summed E-state index contributed by atoms with van der Waals surface area (Å²) in [7, 11) is 0. The van der Waals surface area contributed by atoms with Crippen molar-refractivity contribution in [2.24, 2.45) is 5.92 Å². The van der Waals surface area contributed by atoms with Crippen LogP contribution in [0.15, 0.2) is 48.5 Å². The largest absolute Gasteiger partial charge is 0.366 e. The molecule has 2 heterocycles. The molecule has 3 aromatic rings. The number of fused-ring (bicyclic) bond motifs is 1. The molecule has 1 aliphatic rings. The number of aromatic nitrogens is 3. The fourth-order valence-electron chi connectivity index (χ4n) is 2.44. The van der Waals surface area contributed by atoms with E-state index in [0.717, 1.165) is 18.7 Å². The van der Waals surface area contributed by atoms with Gasteiger partial charge in [0.1, 0.15) is 5.82 Å². The number of anilines is 2. The predicted octanol–water partition coefficient (Wildman–Crippen LogP) is 2.69. The van der Waals surface area contributed by atoms with Gasteiger partial charge in [-0.1, -0.05) is 36.4 Å². The topological polar surface area (TPSA) is 71.3 Å². The Balaban J connectivity index is 1.54. The van der Waals surface area contributed by atoms with E-state index >= 15 is 0 Å². The van der Waals surface area contributed by atoms with Crippen LogP contribution in [-0.2, 0) is 11.3 Å². The monoisotopic (exact) mass is 307 g/mol. The summed E-state index contributed by atoms with van der Waals surface area (Å²) < 4.78 is 1.71. The zero-order valence-corrected chi connectivity index (χ0v) is 12.6. The van der Waals surface area contributed by atoms with Crippen molar-refractivity contribution in [3.05, 3.63) is 54.1 Å². The first-order chi connectivity index (χ1) is 11.3. The van der Waals surface area contributed by atoms with E-state index in [1.807, 2.05) is 36.4 Å². The lowest BCUT2D eigenvalue weighted by Crippen LogP contribution is -2.14. The normalized spacial score (nSPS) is 13.9. The van der Waals surface area contributed by atoms with E-state index < -0.39 is 0 Å². The molecule has 6 heteroatoms. The Morgan fingerprint density at radius 3 is 2.74 bits per heavy atom. The van der Waals surface area contributed by atoms with Gasteiger partial charge < -0.3 is 5.32 Å². The Morgan fingerprint density at radius 1 is 1.13 bits per heavy atom. The zero-order chi connectivity index (χ0) is 15.6. The van der Waals surface area contributed by atoms with Gasteiger partial charge in [0.15, 0.2) is 5.65 Å². The Hall–Kier alpha value is -2.89. The third-order valence-electron chi connectivity index (χ3n) is 3.86. The summed E-state index contributed by atoms with van der Waals surface area (Å²) in [4.78, 5) is 16.2. The number of carbonyl (C=O) groups excluding carboxylic acids is 1. The smallest absolute Gasteiger partial charge is 0.249 e. The maximum absolute atomic E-state index is 11.8. The maximum atomic E-state index is 11.8. The average molecular weight is 307 g/mol. The molecule has 1 saturated carbocycles. The van der Waals surface area contributed by atoms with Crippen molar-refractivity contribution in [1.29, 1.82) is 0 Å². The third-order valence-corrected chi connectivity index (χ3v) is 3.86. The molecule has 0 spiro atoms. The maximum Gasteiger partial charge on any atom is 0.249 e. The predicted molar refractivity (Wildman–Crippen MR) is 88.1 cm³/mol. The Morgan fingerprint density at radius 2 is 1.96 bits per heavy atom. The van der Waals surface area contributed by atoms with Gasteiger partial charge in [-0.2, -0.15) is 9.50 Å². The Bertz CT molecular complexity index is 839. The minimum Gasteiger partial charge on any atom is -0.366 e. The van der Waals surface area contributed by atoms with Crippen LogP contribution in [0.1, 0.15) is 18.4 Å². The molecule has 1 fully saturated rings. The number of pyridine rings is 1. The van der Waals surface area contributed by atoms with Crippen molar-refractivity contribution in [1.82, 2.24) is 14.6 Å². The molecule has 6 nitrogen and oxygen atoms in total. The molecule has 1 aromatic carbocycles. The summed E-state index contributed by atoms with van der Waals surface area (Å²) >= 11 is 0. The van der Waals surface area contributed by atoms with E-state index in [1.165, 1.54) is 5.56 Å². The molecule has 0 bridgehead atoms. The number of carbonyl (C=O) groups is 1.